The normalized spacial score (nSPS) is 15.3. The summed E-state index contributed by atoms with van der Waals surface area (Å²) in [6, 6.07) is 15.8. The Labute approximate surface area is 177 Å². The highest BCUT2D eigenvalue weighted by atomic mass is 32.2. The molecular formula is C24H28N2O2S. The predicted molar refractivity (Wildman–Crippen MR) is 119 cm³/mol. The molecule has 0 spiro atoms. The third kappa shape index (κ3) is 4.67. The van der Waals surface area contributed by atoms with Crippen LogP contribution in [0.2, 0.25) is 0 Å². The second-order valence-corrected chi connectivity index (χ2v) is 8.92. The van der Waals surface area contributed by atoms with Crippen LogP contribution < -0.4 is 4.90 Å². The first-order valence-corrected chi connectivity index (χ1v) is 11.5. The van der Waals surface area contributed by atoms with Crippen LogP contribution in [0.5, 0.6) is 0 Å². The molecule has 5 heteroatoms. The van der Waals surface area contributed by atoms with Crippen molar-refractivity contribution in [3.05, 3.63) is 59.7 Å². The Hall–Kier alpha value is -2.27. The van der Waals surface area contributed by atoms with Gasteiger partial charge in [0.15, 0.2) is 0 Å². The number of carbonyl (C=O) groups excluding carboxylic acids is 2. The summed E-state index contributed by atoms with van der Waals surface area (Å²) < 4.78 is 0. The van der Waals surface area contributed by atoms with Crippen molar-refractivity contribution in [2.45, 2.75) is 37.5 Å². The van der Waals surface area contributed by atoms with E-state index in [2.05, 4.69) is 13.0 Å². The van der Waals surface area contributed by atoms with Gasteiger partial charge in [-0.25, -0.2) is 0 Å². The van der Waals surface area contributed by atoms with Gasteiger partial charge in [-0.1, -0.05) is 37.3 Å². The number of fused-ring (bicyclic) bond motifs is 1. The highest BCUT2D eigenvalue weighted by Crippen LogP contribution is 2.32. The first kappa shape index (κ1) is 20.0. The molecule has 0 N–H and O–H groups in total. The number of benzene rings is 2. The Morgan fingerprint density at radius 1 is 1.10 bits per heavy atom. The monoisotopic (exact) mass is 408 g/mol. The van der Waals surface area contributed by atoms with E-state index in [-0.39, 0.29) is 11.8 Å². The Morgan fingerprint density at radius 2 is 1.86 bits per heavy atom. The number of thioether (sulfide) groups is 1. The van der Waals surface area contributed by atoms with Crippen molar-refractivity contribution in [3.8, 4) is 0 Å². The quantitative estimate of drug-likeness (QED) is 0.598. The van der Waals surface area contributed by atoms with E-state index in [9.17, 15) is 9.59 Å². The molecule has 2 amide bonds. The second kappa shape index (κ2) is 9.04. The minimum absolute atomic E-state index is 0.0980. The Balaban J connectivity index is 1.44. The molecule has 1 aliphatic carbocycles. The van der Waals surface area contributed by atoms with Crippen LogP contribution in [0.15, 0.2) is 53.4 Å². The molecule has 0 unspecified atom stereocenters. The molecule has 4 rings (SSSR count). The van der Waals surface area contributed by atoms with E-state index >= 15 is 0 Å². The van der Waals surface area contributed by atoms with Crippen LogP contribution in [0.3, 0.4) is 0 Å². The van der Waals surface area contributed by atoms with Crippen molar-refractivity contribution >= 4 is 29.3 Å². The zero-order valence-corrected chi connectivity index (χ0v) is 17.8. The van der Waals surface area contributed by atoms with Gasteiger partial charge in [-0.15, -0.1) is 11.8 Å². The van der Waals surface area contributed by atoms with Crippen LogP contribution in [-0.4, -0.2) is 42.1 Å². The summed E-state index contributed by atoms with van der Waals surface area (Å²) in [7, 11) is 0. The summed E-state index contributed by atoms with van der Waals surface area (Å²) in [6.45, 7) is 4.50. The highest BCUT2D eigenvalue weighted by Gasteiger charge is 2.28. The van der Waals surface area contributed by atoms with Gasteiger partial charge < -0.3 is 9.80 Å². The number of carbonyl (C=O) groups is 2. The van der Waals surface area contributed by atoms with Gasteiger partial charge in [0, 0.05) is 30.2 Å². The lowest BCUT2D eigenvalue weighted by Crippen LogP contribution is -2.34. The van der Waals surface area contributed by atoms with Crippen LogP contribution in [0.1, 0.15) is 42.1 Å². The van der Waals surface area contributed by atoms with Crippen molar-refractivity contribution in [2.24, 2.45) is 5.92 Å². The summed E-state index contributed by atoms with van der Waals surface area (Å²) in [4.78, 5) is 30.8. The third-order valence-corrected chi connectivity index (χ3v) is 6.67. The molecule has 1 saturated carbocycles. The van der Waals surface area contributed by atoms with Gasteiger partial charge in [-0.2, -0.15) is 0 Å². The number of anilines is 1. The molecule has 0 radical (unpaired) electrons. The van der Waals surface area contributed by atoms with Gasteiger partial charge in [0.25, 0.3) is 5.91 Å². The van der Waals surface area contributed by atoms with E-state index in [1.54, 1.807) is 0 Å². The van der Waals surface area contributed by atoms with Crippen LogP contribution in [0.25, 0.3) is 0 Å². The summed E-state index contributed by atoms with van der Waals surface area (Å²) in [5.41, 5.74) is 2.99. The minimum Gasteiger partial charge on any atom is -0.338 e. The summed E-state index contributed by atoms with van der Waals surface area (Å²) in [5, 5.41) is 0. The molecular weight excluding hydrogens is 380 g/mol. The summed E-state index contributed by atoms with van der Waals surface area (Å²) in [5.74, 6) is 1.21. The Bertz CT molecular complexity index is 894. The van der Waals surface area contributed by atoms with Crippen molar-refractivity contribution < 1.29 is 9.59 Å². The first-order valence-electron chi connectivity index (χ1n) is 10.6. The van der Waals surface area contributed by atoms with E-state index in [1.807, 2.05) is 52.3 Å². The molecule has 0 saturated heterocycles. The average molecular weight is 409 g/mol. The van der Waals surface area contributed by atoms with Crippen molar-refractivity contribution in [1.29, 1.82) is 0 Å². The maximum atomic E-state index is 13.2. The number of amides is 2. The second-order valence-electron chi connectivity index (χ2n) is 7.90. The van der Waals surface area contributed by atoms with Gasteiger partial charge in [-0.05, 0) is 55.4 Å². The molecule has 0 atom stereocenters. The molecule has 2 aliphatic rings. The number of rotatable bonds is 8. The average Bonchev–Trinajstić information content (AvgIpc) is 3.46. The smallest absolute Gasteiger partial charge is 0.254 e. The fraction of sp³-hybridized carbons (Fsp3) is 0.417. The van der Waals surface area contributed by atoms with E-state index in [4.69, 9.17) is 0 Å². The maximum absolute atomic E-state index is 13.2. The molecule has 1 aliphatic heterocycles. The van der Waals surface area contributed by atoms with E-state index in [0.29, 0.717) is 11.7 Å². The van der Waals surface area contributed by atoms with Crippen molar-refractivity contribution in [2.75, 3.05) is 30.3 Å². The summed E-state index contributed by atoms with van der Waals surface area (Å²) >= 11 is 1.48. The molecule has 152 valence electrons. The van der Waals surface area contributed by atoms with Crippen LogP contribution >= 0.6 is 11.8 Å². The van der Waals surface area contributed by atoms with E-state index in [1.165, 1.54) is 30.2 Å². The standard InChI is InChI=1S/C24H28N2O2S/c1-2-14-25(16-18-11-12-18)24(28)20-8-4-6-10-22(20)29-17-23(27)26-15-13-19-7-3-5-9-21(19)26/h3-10,18H,2,11-17H2,1H3. The topological polar surface area (TPSA) is 40.6 Å². The maximum Gasteiger partial charge on any atom is 0.254 e. The van der Waals surface area contributed by atoms with Crippen molar-refractivity contribution in [1.82, 2.24) is 4.90 Å². The molecule has 0 aromatic heterocycles. The SMILES string of the molecule is CCCN(CC1CC1)C(=O)c1ccccc1SCC(=O)N1CCc2ccccc21. The predicted octanol–water partition coefficient (Wildman–Crippen LogP) is 4.63. The van der Waals surface area contributed by atoms with Gasteiger partial charge in [0.2, 0.25) is 5.91 Å². The molecule has 29 heavy (non-hydrogen) atoms. The Morgan fingerprint density at radius 3 is 2.66 bits per heavy atom. The van der Waals surface area contributed by atoms with Crippen molar-refractivity contribution in [3.63, 3.8) is 0 Å². The molecule has 2 aromatic carbocycles. The lowest BCUT2D eigenvalue weighted by atomic mass is 10.2. The van der Waals surface area contributed by atoms with Gasteiger partial charge in [0.1, 0.15) is 0 Å². The van der Waals surface area contributed by atoms with Gasteiger partial charge in [-0.3, -0.25) is 9.59 Å². The third-order valence-electron chi connectivity index (χ3n) is 5.61. The molecule has 1 heterocycles. The van der Waals surface area contributed by atoms with Gasteiger partial charge in [0.05, 0.1) is 11.3 Å². The fourth-order valence-corrected chi connectivity index (χ4v) is 4.83. The fourth-order valence-electron chi connectivity index (χ4n) is 3.91. The highest BCUT2D eigenvalue weighted by molar-refractivity contribution is 8.00. The molecule has 4 nitrogen and oxygen atoms in total. The first-order chi connectivity index (χ1) is 14.2. The zero-order valence-electron chi connectivity index (χ0n) is 17.0. The van der Waals surface area contributed by atoms with Crippen LogP contribution in [0, 0.1) is 5.92 Å². The molecule has 0 bridgehead atoms. The number of hydrogen-bond acceptors (Lipinski definition) is 3. The number of hydrogen-bond donors (Lipinski definition) is 0. The van der Waals surface area contributed by atoms with Crippen LogP contribution in [-0.2, 0) is 11.2 Å². The summed E-state index contributed by atoms with van der Waals surface area (Å²) in [6.07, 6.45) is 4.33. The van der Waals surface area contributed by atoms with E-state index < -0.39 is 0 Å². The largest absolute Gasteiger partial charge is 0.338 e. The lowest BCUT2D eigenvalue weighted by molar-refractivity contribution is -0.116. The lowest BCUT2D eigenvalue weighted by Gasteiger charge is -2.23. The van der Waals surface area contributed by atoms with E-state index in [0.717, 1.165) is 48.6 Å². The van der Waals surface area contributed by atoms with Crippen LogP contribution in [0.4, 0.5) is 5.69 Å². The molecule has 2 aromatic rings. The number of para-hydroxylation sites is 1. The molecule has 1 fully saturated rings. The van der Waals surface area contributed by atoms with Gasteiger partial charge >= 0.3 is 0 Å². The zero-order chi connectivity index (χ0) is 20.2. The minimum atomic E-state index is 0.0980. The Kier molecular flexibility index (Phi) is 6.24. The number of nitrogens with zero attached hydrogens (tertiary/aromatic N) is 2.